The molecule has 20 heavy (non-hydrogen) atoms. The Balaban J connectivity index is 1.47. The lowest BCUT2D eigenvalue weighted by molar-refractivity contribution is 0.0915. The van der Waals surface area contributed by atoms with E-state index in [-0.39, 0.29) is 11.7 Å². The van der Waals surface area contributed by atoms with E-state index in [0.29, 0.717) is 25.7 Å². The highest BCUT2D eigenvalue weighted by Gasteiger charge is 2.38. The van der Waals surface area contributed by atoms with Crippen LogP contribution in [0, 0.1) is 11.8 Å². The Labute approximate surface area is 120 Å². The van der Waals surface area contributed by atoms with Gasteiger partial charge in [-0.2, -0.15) is 0 Å². The van der Waals surface area contributed by atoms with Gasteiger partial charge in [-0.15, -0.1) is 0 Å². The van der Waals surface area contributed by atoms with Gasteiger partial charge in [0.25, 0.3) is 0 Å². The lowest BCUT2D eigenvalue weighted by atomic mass is 10.2. The quantitative estimate of drug-likeness (QED) is 0.805. The van der Waals surface area contributed by atoms with Crippen LogP contribution >= 0.6 is 0 Å². The van der Waals surface area contributed by atoms with Crippen molar-refractivity contribution in [2.75, 3.05) is 25.4 Å². The van der Waals surface area contributed by atoms with Gasteiger partial charge in [-0.05, 0) is 24.3 Å². The zero-order valence-corrected chi connectivity index (χ0v) is 12.4. The zero-order valence-electron chi connectivity index (χ0n) is 11.6. The Hall–Kier alpha value is -0.910. The highest BCUT2D eigenvalue weighted by molar-refractivity contribution is 7.89. The number of benzene rings is 1. The first-order chi connectivity index (χ1) is 9.63. The van der Waals surface area contributed by atoms with Crippen molar-refractivity contribution in [2.24, 2.45) is 11.8 Å². The molecule has 2 fully saturated rings. The van der Waals surface area contributed by atoms with Crippen molar-refractivity contribution in [2.45, 2.75) is 19.4 Å². The summed E-state index contributed by atoms with van der Waals surface area (Å²) in [5, 5.41) is 0. The van der Waals surface area contributed by atoms with E-state index < -0.39 is 10.0 Å². The molecule has 0 unspecified atom stereocenters. The second-order valence-corrected chi connectivity index (χ2v) is 7.92. The SMILES string of the molecule is O=S1(=O)C[C@H](COCc2ccccc2)CN1CC1CC1. The molecule has 0 bridgehead atoms. The number of sulfonamides is 1. The van der Waals surface area contributed by atoms with Gasteiger partial charge in [0.2, 0.25) is 10.0 Å². The Bertz CT molecular complexity index is 539. The van der Waals surface area contributed by atoms with Crippen molar-refractivity contribution in [3.63, 3.8) is 0 Å². The van der Waals surface area contributed by atoms with Crippen molar-refractivity contribution in [1.82, 2.24) is 4.31 Å². The molecule has 0 radical (unpaired) electrons. The predicted molar refractivity (Wildman–Crippen MR) is 77.7 cm³/mol. The summed E-state index contributed by atoms with van der Waals surface area (Å²) in [7, 11) is -3.03. The fourth-order valence-electron chi connectivity index (χ4n) is 2.65. The first-order valence-electron chi connectivity index (χ1n) is 7.23. The van der Waals surface area contributed by atoms with Gasteiger partial charge in [-0.3, -0.25) is 0 Å². The molecule has 1 atom stereocenters. The third-order valence-corrected chi connectivity index (χ3v) is 5.90. The summed E-state index contributed by atoms with van der Waals surface area (Å²) >= 11 is 0. The third kappa shape index (κ3) is 3.59. The van der Waals surface area contributed by atoms with Crippen molar-refractivity contribution in [3.05, 3.63) is 35.9 Å². The van der Waals surface area contributed by atoms with Crippen LogP contribution in [-0.4, -0.2) is 38.2 Å². The van der Waals surface area contributed by atoms with Gasteiger partial charge < -0.3 is 4.74 Å². The third-order valence-electron chi connectivity index (χ3n) is 3.93. The Morgan fingerprint density at radius 2 is 1.90 bits per heavy atom. The minimum Gasteiger partial charge on any atom is -0.376 e. The van der Waals surface area contributed by atoms with Crippen molar-refractivity contribution >= 4 is 10.0 Å². The maximum atomic E-state index is 12.0. The van der Waals surface area contributed by atoms with Crippen LogP contribution in [0.25, 0.3) is 0 Å². The van der Waals surface area contributed by atoms with Gasteiger partial charge in [-0.1, -0.05) is 30.3 Å². The van der Waals surface area contributed by atoms with E-state index in [1.165, 1.54) is 12.8 Å². The molecule has 2 aliphatic rings. The molecule has 1 aliphatic carbocycles. The smallest absolute Gasteiger partial charge is 0.214 e. The minimum absolute atomic E-state index is 0.113. The van der Waals surface area contributed by atoms with E-state index in [4.69, 9.17) is 4.74 Å². The molecular formula is C15H21NO3S. The number of hydrogen-bond donors (Lipinski definition) is 0. The van der Waals surface area contributed by atoms with Crippen LogP contribution in [0.5, 0.6) is 0 Å². The van der Waals surface area contributed by atoms with Gasteiger partial charge >= 0.3 is 0 Å². The lowest BCUT2D eigenvalue weighted by Crippen LogP contribution is -2.28. The van der Waals surface area contributed by atoms with E-state index in [2.05, 4.69) is 0 Å². The molecule has 1 aromatic rings. The number of rotatable bonds is 6. The first-order valence-corrected chi connectivity index (χ1v) is 8.84. The van der Waals surface area contributed by atoms with Gasteiger partial charge in [0.15, 0.2) is 0 Å². The average Bonchev–Trinajstić information content (AvgIpc) is 3.17. The molecule has 1 aromatic carbocycles. The highest BCUT2D eigenvalue weighted by Crippen LogP contribution is 2.32. The van der Waals surface area contributed by atoms with E-state index in [0.717, 1.165) is 12.1 Å². The van der Waals surface area contributed by atoms with Crippen LogP contribution in [-0.2, 0) is 21.4 Å². The molecule has 0 spiro atoms. The summed E-state index contributed by atoms with van der Waals surface area (Å²) in [6, 6.07) is 9.98. The summed E-state index contributed by atoms with van der Waals surface area (Å²) < 4.78 is 31.4. The molecule has 1 heterocycles. The van der Waals surface area contributed by atoms with Gasteiger partial charge in [0.1, 0.15) is 0 Å². The average molecular weight is 295 g/mol. The molecule has 5 heteroatoms. The minimum atomic E-state index is -3.03. The van der Waals surface area contributed by atoms with Gasteiger partial charge in [0, 0.05) is 19.0 Å². The highest BCUT2D eigenvalue weighted by atomic mass is 32.2. The maximum absolute atomic E-state index is 12.0. The van der Waals surface area contributed by atoms with Crippen LogP contribution < -0.4 is 0 Å². The molecule has 110 valence electrons. The molecular weight excluding hydrogens is 274 g/mol. The van der Waals surface area contributed by atoms with Crippen molar-refractivity contribution in [3.8, 4) is 0 Å². The van der Waals surface area contributed by atoms with E-state index in [9.17, 15) is 8.42 Å². The molecule has 1 saturated carbocycles. The molecule has 3 rings (SSSR count). The molecule has 0 N–H and O–H groups in total. The van der Waals surface area contributed by atoms with Crippen LogP contribution in [0.3, 0.4) is 0 Å². The fourth-order valence-corrected chi connectivity index (χ4v) is 4.54. The Morgan fingerprint density at radius 1 is 1.15 bits per heavy atom. The Kier molecular flexibility index (Phi) is 4.10. The summed E-state index contributed by atoms with van der Waals surface area (Å²) in [4.78, 5) is 0. The topological polar surface area (TPSA) is 46.6 Å². The fraction of sp³-hybridized carbons (Fsp3) is 0.600. The van der Waals surface area contributed by atoms with Crippen molar-refractivity contribution < 1.29 is 13.2 Å². The second-order valence-electron chi connectivity index (χ2n) is 5.91. The lowest BCUT2D eigenvalue weighted by Gasteiger charge is -2.14. The predicted octanol–water partition coefficient (Wildman–Crippen LogP) is 1.87. The van der Waals surface area contributed by atoms with Gasteiger partial charge in [-0.25, -0.2) is 12.7 Å². The summed E-state index contributed by atoms with van der Waals surface area (Å²) in [6.07, 6.45) is 2.36. The maximum Gasteiger partial charge on any atom is 0.214 e. The standard InChI is InChI=1S/C15H21NO3S/c17-20(18)12-15(9-16(20)8-13-6-7-13)11-19-10-14-4-2-1-3-5-14/h1-5,13,15H,6-12H2/t15-/m0/s1. The van der Waals surface area contributed by atoms with Crippen LogP contribution in [0.4, 0.5) is 0 Å². The molecule has 1 aliphatic heterocycles. The monoisotopic (exact) mass is 295 g/mol. The normalized spacial score (nSPS) is 25.9. The summed E-state index contributed by atoms with van der Waals surface area (Å²) in [5.74, 6) is 0.963. The van der Waals surface area contributed by atoms with Crippen LogP contribution in [0.1, 0.15) is 18.4 Å². The number of nitrogens with zero attached hydrogens (tertiary/aromatic N) is 1. The van der Waals surface area contributed by atoms with E-state index >= 15 is 0 Å². The number of hydrogen-bond acceptors (Lipinski definition) is 3. The van der Waals surface area contributed by atoms with Crippen LogP contribution in [0.2, 0.25) is 0 Å². The Morgan fingerprint density at radius 3 is 2.60 bits per heavy atom. The second kappa shape index (κ2) is 5.84. The van der Waals surface area contributed by atoms with Gasteiger partial charge in [0.05, 0.1) is 19.0 Å². The number of ether oxygens (including phenoxy) is 1. The molecule has 0 amide bonds. The first kappa shape index (κ1) is 14.0. The van der Waals surface area contributed by atoms with E-state index in [1.807, 2.05) is 30.3 Å². The van der Waals surface area contributed by atoms with Crippen molar-refractivity contribution in [1.29, 1.82) is 0 Å². The molecule has 1 saturated heterocycles. The summed E-state index contributed by atoms with van der Waals surface area (Å²) in [6.45, 7) is 2.43. The molecule has 0 aromatic heterocycles. The largest absolute Gasteiger partial charge is 0.376 e. The summed E-state index contributed by atoms with van der Waals surface area (Å²) in [5.41, 5.74) is 1.13. The van der Waals surface area contributed by atoms with Crippen LogP contribution in [0.15, 0.2) is 30.3 Å². The van der Waals surface area contributed by atoms with E-state index in [1.54, 1.807) is 4.31 Å². The molecule has 4 nitrogen and oxygen atoms in total. The zero-order chi connectivity index (χ0) is 14.0.